The van der Waals surface area contributed by atoms with Gasteiger partial charge in [0.2, 0.25) is 5.91 Å². The van der Waals surface area contributed by atoms with Crippen molar-refractivity contribution in [1.29, 1.82) is 0 Å². The van der Waals surface area contributed by atoms with E-state index in [0.717, 1.165) is 38.5 Å². The van der Waals surface area contributed by atoms with Crippen LogP contribution < -0.4 is 5.32 Å². The second-order valence-corrected chi connectivity index (χ2v) is 5.67. The summed E-state index contributed by atoms with van der Waals surface area (Å²) in [6.07, 6.45) is 7.17. The van der Waals surface area contributed by atoms with E-state index >= 15 is 0 Å². The Morgan fingerprint density at radius 2 is 2.05 bits per heavy atom. The van der Waals surface area contributed by atoms with Gasteiger partial charge >= 0.3 is 0 Å². The third-order valence-electron chi connectivity index (χ3n) is 4.30. The molecule has 2 N–H and O–H groups in total. The zero-order valence-corrected chi connectivity index (χ0v) is 12.4. The van der Waals surface area contributed by atoms with Gasteiger partial charge in [-0.25, -0.2) is 0 Å². The van der Waals surface area contributed by atoms with Crippen LogP contribution >= 0.6 is 0 Å². The fourth-order valence-electron chi connectivity index (χ4n) is 2.80. The summed E-state index contributed by atoms with van der Waals surface area (Å²) >= 11 is 0. The van der Waals surface area contributed by atoms with Crippen LogP contribution in [0.4, 0.5) is 0 Å². The summed E-state index contributed by atoms with van der Waals surface area (Å²) in [7, 11) is 1.77. The second-order valence-electron chi connectivity index (χ2n) is 5.67. The molecule has 0 spiro atoms. The van der Waals surface area contributed by atoms with Crippen molar-refractivity contribution < 1.29 is 14.6 Å². The Hall–Kier alpha value is -0.610. The van der Waals surface area contributed by atoms with Crippen molar-refractivity contribution in [2.75, 3.05) is 20.3 Å². The number of methoxy groups -OCH3 is 1. The average Bonchev–Trinajstić information content (AvgIpc) is 2.44. The summed E-state index contributed by atoms with van der Waals surface area (Å²) < 4.78 is 5.34. The lowest BCUT2D eigenvalue weighted by Crippen LogP contribution is -2.32. The van der Waals surface area contributed by atoms with E-state index in [2.05, 4.69) is 12.2 Å². The number of ether oxygens (including phenoxy) is 1. The molecule has 1 saturated carbocycles. The summed E-state index contributed by atoms with van der Waals surface area (Å²) in [5.74, 6) is 1.08. The van der Waals surface area contributed by atoms with Crippen LogP contribution in [0.15, 0.2) is 0 Å². The van der Waals surface area contributed by atoms with Gasteiger partial charge in [-0.2, -0.15) is 0 Å². The Labute approximate surface area is 116 Å². The van der Waals surface area contributed by atoms with E-state index in [1.54, 1.807) is 7.11 Å². The lowest BCUT2D eigenvalue weighted by molar-refractivity contribution is -0.122. The zero-order valence-electron chi connectivity index (χ0n) is 12.4. The first-order chi connectivity index (χ1) is 9.19. The van der Waals surface area contributed by atoms with E-state index in [4.69, 9.17) is 9.84 Å². The molecule has 1 fully saturated rings. The molecule has 0 heterocycles. The topological polar surface area (TPSA) is 58.6 Å². The van der Waals surface area contributed by atoms with Crippen molar-refractivity contribution >= 4 is 5.91 Å². The molecule has 1 unspecified atom stereocenters. The van der Waals surface area contributed by atoms with Gasteiger partial charge in [0.1, 0.15) is 0 Å². The highest BCUT2D eigenvalue weighted by molar-refractivity contribution is 5.76. The summed E-state index contributed by atoms with van der Waals surface area (Å²) in [5.41, 5.74) is 0. The first-order valence-electron chi connectivity index (χ1n) is 7.59. The Morgan fingerprint density at radius 3 is 2.58 bits per heavy atom. The van der Waals surface area contributed by atoms with Gasteiger partial charge in [-0.15, -0.1) is 0 Å². The molecule has 0 aromatic rings. The van der Waals surface area contributed by atoms with Crippen LogP contribution in [0.2, 0.25) is 0 Å². The van der Waals surface area contributed by atoms with E-state index in [9.17, 15) is 4.79 Å². The summed E-state index contributed by atoms with van der Waals surface area (Å²) in [6, 6.07) is 0. The fourth-order valence-corrected chi connectivity index (χ4v) is 2.80. The standard InChI is InChI=1S/C15H29NO3/c1-3-12(8-9-17)11-16-15(18)10-13-4-6-14(19-2)7-5-13/h12-14,17H,3-11H2,1-2H3,(H,16,18). The van der Waals surface area contributed by atoms with Gasteiger partial charge in [-0.3, -0.25) is 4.79 Å². The van der Waals surface area contributed by atoms with Crippen molar-refractivity contribution in [2.45, 2.75) is 58.0 Å². The summed E-state index contributed by atoms with van der Waals surface area (Å²) in [4.78, 5) is 11.9. The smallest absolute Gasteiger partial charge is 0.220 e. The van der Waals surface area contributed by atoms with Gasteiger partial charge in [0, 0.05) is 26.7 Å². The minimum Gasteiger partial charge on any atom is -0.396 e. The lowest BCUT2D eigenvalue weighted by atomic mass is 9.85. The second kappa shape index (κ2) is 9.32. The van der Waals surface area contributed by atoms with Crippen LogP contribution in [0.5, 0.6) is 0 Å². The molecule has 0 saturated heterocycles. The van der Waals surface area contributed by atoms with E-state index < -0.39 is 0 Å². The Kier molecular flexibility index (Phi) is 8.07. The highest BCUT2D eigenvalue weighted by atomic mass is 16.5. The van der Waals surface area contributed by atoms with Crippen LogP contribution in [0.1, 0.15) is 51.9 Å². The Bertz CT molecular complexity index is 250. The number of aliphatic hydroxyl groups is 1. The SMILES string of the molecule is CCC(CCO)CNC(=O)CC1CCC(OC)CC1. The predicted octanol–water partition coefficient (Wildman–Crippen LogP) is 2.11. The summed E-state index contributed by atoms with van der Waals surface area (Å²) in [6.45, 7) is 3.00. The van der Waals surface area contributed by atoms with Gasteiger partial charge in [-0.1, -0.05) is 13.3 Å². The molecular weight excluding hydrogens is 242 g/mol. The average molecular weight is 271 g/mol. The van der Waals surface area contributed by atoms with Gasteiger partial charge in [-0.05, 0) is 43.9 Å². The van der Waals surface area contributed by atoms with E-state index in [1.165, 1.54) is 0 Å². The van der Waals surface area contributed by atoms with Crippen LogP contribution in [0, 0.1) is 11.8 Å². The number of hydrogen-bond donors (Lipinski definition) is 2. The zero-order chi connectivity index (χ0) is 14.1. The number of rotatable bonds is 8. The maximum Gasteiger partial charge on any atom is 0.220 e. The molecule has 4 nitrogen and oxygen atoms in total. The molecule has 0 aromatic carbocycles. The molecule has 1 aliphatic rings. The molecule has 1 aliphatic carbocycles. The lowest BCUT2D eigenvalue weighted by Gasteiger charge is -2.27. The van der Waals surface area contributed by atoms with Gasteiger partial charge < -0.3 is 15.2 Å². The minimum absolute atomic E-state index is 0.164. The third-order valence-corrected chi connectivity index (χ3v) is 4.30. The molecule has 4 heteroatoms. The van der Waals surface area contributed by atoms with Crippen molar-refractivity contribution in [3.63, 3.8) is 0 Å². The van der Waals surface area contributed by atoms with Crippen LogP contribution in [0.25, 0.3) is 0 Å². The number of hydrogen-bond acceptors (Lipinski definition) is 3. The Morgan fingerprint density at radius 1 is 1.37 bits per heavy atom. The quantitative estimate of drug-likeness (QED) is 0.711. The van der Waals surface area contributed by atoms with Crippen LogP contribution in [-0.4, -0.2) is 37.4 Å². The van der Waals surface area contributed by atoms with E-state index in [-0.39, 0.29) is 12.5 Å². The maximum atomic E-state index is 11.9. The number of aliphatic hydroxyl groups excluding tert-OH is 1. The first-order valence-corrected chi connectivity index (χ1v) is 7.59. The number of nitrogens with one attached hydrogen (secondary N) is 1. The largest absolute Gasteiger partial charge is 0.396 e. The molecule has 0 aliphatic heterocycles. The van der Waals surface area contributed by atoms with Gasteiger partial charge in [0.25, 0.3) is 0 Å². The molecule has 19 heavy (non-hydrogen) atoms. The van der Waals surface area contributed by atoms with E-state index in [1.807, 2.05) is 0 Å². The van der Waals surface area contributed by atoms with Crippen LogP contribution in [-0.2, 0) is 9.53 Å². The Balaban J connectivity index is 2.17. The number of carbonyl (C=O) groups is 1. The third kappa shape index (κ3) is 6.39. The van der Waals surface area contributed by atoms with Crippen molar-refractivity contribution in [3.05, 3.63) is 0 Å². The summed E-state index contributed by atoms with van der Waals surface area (Å²) in [5, 5.41) is 11.9. The van der Waals surface area contributed by atoms with Gasteiger partial charge in [0.05, 0.1) is 6.10 Å². The molecule has 1 rings (SSSR count). The maximum absolute atomic E-state index is 11.9. The predicted molar refractivity (Wildman–Crippen MR) is 75.9 cm³/mol. The number of amides is 1. The van der Waals surface area contributed by atoms with Crippen LogP contribution in [0.3, 0.4) is 0 Å². The highest BCUT2D eigenvalue weighted by Crippen LogP contribution is 2.28. The van der Waals surface area contributed by atoms with Crippen molar-refractivity contribution in [1.82, 2.24) is 5.32 Å². The van der Waals surface area contributed by atoms with E-state index in [0.29, 0.717) is 30.9 Å². The normalized spacial score (nSPS) is 25.0. The molecule has 1 atom stereocenters. The molecule has 1 amide bonds. The molecule has 112 valence electrons. The first kappa shape index (κ1) is 16.4. The monoisotopic (exact) mass is 271 g/mol. The minimum atomic E-state index is 0.164. The van der Waals surface area contributed by atoms with Gasteiger partial charge in [0.15, 0.2) is 0 Å². The van der Waals surface area contributed by atoms with Crippen molar-refractivity contribution in [2.24, 2.45) is 11.8 Å². The highest BCUT2D eigenvalue weighted by Gasteiger charge is 2.22. The molecule has 0 bridgehead atoms. The molecular formula is C15H29NO3. The van der Waals surface area contributed by atoms with Crippen molar-refractivity contribution in [3.8, 4) is 0 Å². The fraction of sp³-hybridized carbons (Fsp3) is 0.933. The molecule has 0 aromatic heterocycles. The molecule has 0 radical (unpaired) electrons. The number of carbonyl (C=O) groups excluding carboxylic acids is 1.